The quantitative estimate of drug-likeness (QED) is 0.238. The lowest BCUT2D eigenvalue weighted by Gasteiger charge is -2.35. The fraction of sp³-hybridized carbons (Fsp3) is 0.378. The summed E-state index contributed by atoms with van der Waals surface area (Å²) in [6, 6.07) is 11.3. The van der Waals surface area contributed by atoms with E-state index in [9.17, 15) is 19.2 Å². The van der Waals surface area contributed by atoms with E-state index in [1.165, 1.54) is 12.1 Å². The molecule has 5 aromatic rings. The van der Waals surface area contributed by atoms with Gasteiger partial charge >= 0.3 is 6.09 Å². The van der Waals surface area contributed by atoms with E-state index in [0.29, 0.717) is 56.0 Å². The molecular weight excluding hydrogens is 651 g/mol. The van der Waals surface area contributed by atoms with Gasteiger partial charge in [0.05, 0.1) is 42.1 Å². The number of ether oxygens (including phenoxy) is 1. The van der Waals surface area contributed by atoms with Gasteiger partial charge in [-0.3, -0.25) is 14.5 Å². The standard InChI is InChI=1S/C37H39FN10O3/c1-37(2,3)51-36(50)46-10-8-31(9-11-46)47-24-28(21-42-47)26-16-32(35-27(18-39)20-43-48(35)23-26)25-4-7-33(41-19-25)44-12-14-45(15-13-44)34(49)17-30-6-5-29(38)22-40-30/h4-7,16,19-24,31H,8-15,17H2,1-3H3. The van der Waals surface area contributed by atoms with Gasteiger partial charge in [0.1, 0.15) is 23.3 Å². The van der Waals surface area contributed by atoms with E-state index in [4.69, 9.17) is 14.8 Å². The lowest BCUT2D eigenvalue weighted by molar-refractivity contribution is -0.130. The topological polar surface area (TPSA) is 138 Å². The fourth-order valence-corrected chi connectivity index (χ4v) is 6.60. The molecule has 0 spiro atoms. The molecule has 0 unspecified atom stereocenters. The molecule has 2 aliphatic heterocycles. The Morgan fingerprint density at radius 3 is 2.33 bits per heavy atom. The van der Waals surface area contributed by atoms with E-state index < -0.39 is 11.4 Å². The van der Waals surface area contributed by atoms with Crippen molar-refractivity contribution in [3.8, 4) is 28.3 Å². The number of aromatic nitrogens is 6. The number of hydrogen-bond donors (Lipinski definition) is 0. The van der Waals surface area contributed by atoms with Gasteiger partial charge in [0.25, 0.3) is 0 Å². The minimum Gasteiger partial charge on any atom is -0.444 e. The molecular formula is C37H39FN10O3. The first-order valence-electron chi connectivity index (χ1n) is 17.1. The Balaban J connectivity index is 1.05. The normalized spacial score (nSPS) is 15.6. The molecule has 2 amide bonds. The molecule has 7 rings (SSSR count). The van der Waals surface area contributed by atoms with Gasteiger partial charge in [0.15, 0.2) is 0 Å². The van der Waals surface area contributed by atoms with Crippen molar-refractivity contribution in [1.82, 2.24) is 39.2 Å². The maximum absolute atomic E-state index is 13.2. The molecule has 0 aromatic carbocycles. The highest BCUT2D eigenvalue weighted by molar-refractivity contribution is 5.87. The number of nitrogens with zero attached hydrogens (tertiary/aromatic N) is 10. The third-order valence-electron chi connectivity index (χ3n) is 9.29. The average molecular weight is 691 g/mol. The average Bonchev–Trinajstić information content (AvgIpc) is 3.80. The minimum absolute atomic E-state index is 0.0378. The molecule has 0 aliphatic carbocycles. The van der Waals surface area contributed by atoms with Gasteiger partial charge in [0, 0.05) is 85.8 Å². The molecule has 14 heteroatoms. The number of likely N-dealkylation sites (tertiary alicyclic amines) is 1. The zero-order valence-electron chi connectivity index (χ0n) is 28.9. The SMILES string of the molecule is CC(C)(C)OC(=O)N1CCC(n2cc(-c3cc(-c4ccc(N5CCN(C(=O)Cc6ccc(F)cn6)CC5)nc4)c4c(C#N)cnn4c3)cn2)CC1. The second-order valence-electron chi connectivity index (χ2n) is 13.9. The number of fused-ring (bicyclic) bond motifs is 1. The summed E-state index contributed by atoms with van der Waals surface area (Å²) >= 11 is 0. The Bertz CT molecular complexity index is 2080. The van der Waals surface area contributed by atoms with Crippen molar-refractivity contribution in [1.29, 1.82) is 5.26 Å². The maximum Gasteiger partial charge on any atom is 0.410 e. The number of anilines is 1. The Morgan fingerprint density at radius 2 is 1.67 bits per heavy atom. The number of hydrogen-bond acceptors (Lipinski definition) is 9. The van der Waals surface area contributed by atoms with Gasteiger partial charge < -0.3 is 19.4 Å². The summed E-state index contributed by atoms with van der Waals surface area (Å²) in [6.07, 6.45) is 11.7. The highest BCUT2D eigenvalue weighted by Crippen LogP contribution is 2.33. The molecule has 51 heavy (non-hydrogen) atoms. The first kappa shape index (κ1) is 33.6. The third-order valence-corrected chi connectivity index (χ3v) is 9.29. The molecule has 7 heterocycles. The molecule has 2 fully saturated rings. The van der Waals surface area contributed by atoms with Crippen LogP contribution in [-0.4, -0.2) is 96.0 Å². The summed E-state index contributed by atoms with van der Waals surface area (Å²) in [4.78, 5) is 39.9. The number of rotatable bonds is 6. The van der Waals surface area contributed by atoms with Gasteiger partial charge in [-0.1, -0.05) is 0 Å². The summed E-state index contributed by atoms with van der Waals surface area (Å²) in [7, 11) is 0. The minimum atomic E-state index is -0.531. The van der Waals surface area contributed by atoms with E-state index in [2.05, 4.69) is 21.1 Å². The van der Waals surface area contributed by atoms with Crippen molar-refractivity contribution >= 4 is 23.3 Å². The number of piperidine rings is 1. The second kappa shape index (κ2) is 13.8. The largest absolute Gasteiger partial charge is 0.444 e. The summed E-state index contributed by atoms with van der Waals surface area (Å²) in [5, 5.41) is 19.1. The van der Waals surface area contributed by atoms with Crippen LogP contribution in [-0.2, 0) is 16.0 Å². The number of carbonyl (C=O) groups excluding carboxylic acids is 2. The molecule has 5 aromatic heterocycles. The predicted octanol–water partition coefficient (Wildman–Crippen LogP) is 5.13. The fourth-order valence-electron chi connectivity index (χ4n) is 6.60. The Labute approximate surface area is 294 Å². The Morgan fingerprint density at radius 1 is 0.882 bits per heavy atom. The number of nitriles is 1. The van der Waals surface area contributed by atoms with Gasteiger partial charge in [-0.05, 0) is 63.9 Å². The van der Waals surface area contributed by atoms with Crippen LogP contribution in [0.2, 0.25) is 0 Å². The van der Waals surface area contributed by atoms with Crippen molar-refractivity contribution in [2.45, 2.75) is 51.7 Å². The molecule has 0 bridgehead atoms. The molecule has 0 radical (unpaired) electrons. The van der Waals surface area contributed by atoms with Gasteiger partial charge in [0.2, 0.25) is 5.91 Å². The van der Waals surface area contributed by atoms with Crippen LogP contribution < -0.4 is 4.90 Å². The predicted molar refractivity (Wildman–Crippen MR) is 187 cm³/mol. The van der Waals surface area contributed by atoms with Crippen molar-refractivity contribution in [2.75, 3.05) is 44.2 Å². The number of pyridine rings is 3. The number of amides is 2. The third kappa shape index (κ3) is 7.38. The highest BCUT2D eigenvalue weighted by atomic mass is 19.1. The first-order valence-corrected chi connectivity index (χ1v) is 17.1. The van der Waals surface area contributed by atoms with Gasteiger partial charge in [-0.25, -0.2) is 18.7 Å². The molecule has 2 aliphatic rings. The number of piperazine rings is 1. The zero-order chi connectivity index (χ0) is 35.7. The molecule has 2 saturated heterocycles. The van der Waals surface area contributed by atoms with Crippen molar-refractivity contribution < 1.29 is 18.7 Å². The van der Waals surface area contributed by atoms with Crippen molar-refractivity contribution in [3.05, 3.63) is 84.6 Å². The van der Waals surface area contributed by atoms with Crippen molar-refractivity contribution in [3.63, 3.8) is 0 Å². The summed E-state index contributed by atoms with van der Waals surface area (Å²) < 4.78 is 22.4. The first-order chi connectivity index (χ1) is 24.5. The molecule has 262 valence electrons. The summed E-state index contributed by atoms with van der Waals surface area (Å²) in [6.45, 7) is 9.15. The maximum atomic E-state index is 13.2. The van der Waals surface area contributed by atoms with E-state index in [-0.39, 0.29) is 24.5 Å². The highest BCUT2D eigenvalue weighted by Gasteiger charge is 2.28. The van der Waals surface area contributed by atoms with Crippen LogP contribution in [0, 0.1) is 17.1 Å². The van der Waals surface area contributed by atoms with Crippen LogP contribution in [0.3, 0.4) is 0 Å². The van der Waals surface area contributed by atoms with E-state index in [0.717, 1.165) is 47.1 Å². The van der Waals surface area contributed by atoms with E-state index >= 15 is 0 Å². The summed E-state index contributed by atoms with van der Waals surface area (Å²) in [5.74, 6) is 0.334. The van der Waals surface area contributed by atoms with Crippen LogP contribution in [0.25, 0.3) is 27.8 Å². The number of halogens is 1. The Kier molecular flexibility index (Phi) is 9.12. The monoisotopic (exact) mass is 690 g/mol. The van der Waals surface area contributed by atoms with Crippen LogP contribution in [0.5, 0.6) is 0 Å². The van der Waals surface area contributed by atoms with Crippen LogP contribution >= 0.6 is 0 Å². The summed E-state index contributed by atoms with van der Waals surface area (Å²) in [5.41, 5.74) is 4.64. The number of carbonyl (C=O) groups is 2. The lowest BCUT2D eigenvalue weighted by atomic mass is 10.0. The van der Waals surface area contributed by atoms with Crippen LogP contribution in [0.15, 0.2) is 67.5 Å². The lowest BCUT2D eigenvalue weighted by Crippen LogP contribution is -2.49. The second-order valence-corrected chi connectivity index (χ2v) is 13.9. The molecule has 0 N–H and O–H groups in total. The van der Waals surface area contributed by atoms with E-state index in [1.807, 2.05) is 68.4 Å². The Hall–Kier alpha value is -5.84. The molecule has 13 nitrogen and oxygen atoms in total. The van der Waals surface area contributed by atoms with E-state index in [1.54, 1.807) is 20.5 Å². The van der Waals surface area contributed by atoms with Gasteiger partial charge in [-0.15, -0.1) is 0 Å². The molecule has 0 saturated carbocycles. The van der Waals surface area contributed by atoms with Crippen LogP contribution in [0.4, 0.5) is 15.0 Å². The van der Waals surface area contributed by atoms with Gasteiger partial charge in [-0.2, -0.15) is 15.5 Å². The molecule has 0 atom stereocenters. The zero-order valence-corrected chi connectivity index (χ0v) is 28.9. The van der Waals surface area contributed by atoms with Crippen LogP contribution in [0.1, 0.15) is 50.9 Å². The smallest absolute Gasteiger partial charge is 0.410 e. The van der Waals surface area contributed by atoms with Crippen molar-refractivity contribution in [2.24, 2.45) is 0 Å².